The van der Waals surface area contributed by atoms with Gasteiger partial charge in [0.05, 0.1) is 0 Å². The number of aryl methyl sites for hydroxylation is 1. The summed E-state index contributed by atoms with van der Waals surface area (Å²) in [4.78, 5) is 2.52. The van der Waals surface area contributed by atoms with E-state index in [1.165, 1.54) is 49.6 Å². The third-order valence-electron chi connectivity index (χ3n) is 6.93. The Morgan fingerprint density at radius 2 is 1.43 bits per heavy atom. The fourth-order valence-electron chi connectivity index (χ4n) is 4.96. The van der Waals surface area contributed by atoms with Crippen molar-refractivity contribution in [1.29, 1.82) is 0 Å². The van der Waals surface area contributed by atoms with E-state index in [1.54, 1.807) is 0 Å². The Bertz CT molecular complexity index is 1380. The second kappa shape index (κ2) is 13.7. The highest BCUT2D eigenvalue weighted by atomic mass is 15.2. The lowest BCUT2D eigenvalue weighted by molar-refractivity contribution is 0.710. The highest BCUT2D eigenvalue weighted by Crippen LogP contribution is 2.40. The molecule has 0 radical (unpaired) electrons. The second-order valence-corrected chi connectivity index (χ2v) is 9.74. The van der Waals surface area contributed by atoms with Crippen LogP contribution in [0.15, 0.2) is 115 Å². The van der Waals surface area contributed by atoms with Crippen LogP contribution in [0.3, 0.4) is 0 Å². The maximum Gasteiger partial charge on any atom is 0.0493 e. The second-order valence-electron chi connectivity index (χ2n) is 9.74. The third-order valence-corrected chi connectivity index (χ3v) is 6.93. The molecule has 0 spiro atoms. The van der Waals surface area contributed by atoms with Crippen LogP contribution in [0.4, 0.5) is 11.4 Å². The Morgan fingerprint density at radius 1 is 0.811 bits per heavy atom. The number of fused-ring (bicyclic) bond motifs is 2. The number of benzene rings is 4. The van der Waals surface area contributed by atoms with Gasteiger partial charge >= 0.3 is 0 Å². The lowest BCUT2D eigenvalue weighted by atomic mass is 9.96. The normalized spacial score (nSPS) is 12.4. The largest absolute Gasteiger partial charge is 0.337 e. The Kier molecular flexibility index (Phi) is 10.3. The van der Waals surface area contributed by atoms with Crippen LogP contribution in [0.25, 0.3) is 21.5 Å². The summed E-state index contributed by atoms with van der Waals surface area (Å²) in [6, 6.07) is 28.8. The predicted octanol–water partition coefficient (Wildman–Crippen LogP) is 11.1. The molecule has 0 saturated carbocycles. The van der Waals surface area contributed by atoms with Crippen LogP contribution in [-0.2, 0) is 0 Å². The Balaban J connectivity index is 0.000000695. The van der Waals surface area contributed by atoms with E-state index in [4.69, 9.17) is 0 Å². The van der Waals surface area contributed by atoms with Gasteiger partial charge in [-0.1, -0.05) is 117 Å². The van der Waals surface area contributed by atoms with Gasteiger partial charge in [-0.3, -0.25) is 0 Å². The lowest BCUT2D eigenvalue weighted by Crippen LogP contribution is -2.29. The van der Waals surface area contributed by atoms with Gasteiger partial charge in [0.25, 0.3) is 0 Å². The maximum atomic E-state index is 4.43. The summed E-state index contributed by atoms with van der Waals surface area (Å²) in [6.45, 7) is 17.5. The number of anilines is 2. The van der Waals surface area contributed by atoms with Crippen molar-refractivity contribution in [3.8, 4) is 0 Å². The first-order chi connectivity index (χ1) is 17.9. The van der Waals surface area contributed by atoms with Crippen molar-refractivity contribution in [3.63, 3.8) is 0 Å². The van der Waals surface area contributed by atoms with Crippen molar-refractivity contribution in [2.75, 3.05) is 4.90 Å². The van der Waals surface area contributed by atoms with Crippen molar-refractivity contribution in [2.24, 2.45) is 0 Å². The van der Waals surface area contributed by atoms with E-state index in [2.05, 4.69) is 143 Å². The number of rotatable bonds is 8. The molecule has 0 heterocycles. The molecule has 4 rings (SSSR count). The molecule has 0 saturated heterocycles. The number of hydrogen-bond acceptors (Lipinski definition) is 1. The van der Waals surface area contributed by atoms with Crippen LogP contribution in [0.2, 0.25) is 0 Å². The van der Waals surface area contributed by atoms with Gasteiger partial charge in [0, 0.05) is 28.2 Å². The first-order valence-corrected chi connectivity index (χ1v) is 13.6. The topological polar surface area (TPSA) is 3.24 Å². The standard InChI is InChI=1S/C31H33N.C5H10/c1-6-12-22(2)24(4)21-25(5)32(30-18-11-14-26-13-7-8-16-28(26)30)31-20-19-23(3)27-15-9-10-17-29(27)31;1-3-5-4-2/h7-20,25H,4,6,21H2,1-3,5H3;3,5H,4H2,1-2H3/b22-12-;5-3-. The van der Waals surface area contributed by atoms with Crippen LogP contribution in [0.5, 0.6) is 0 Å². The van der Waals surface area contributed by atoms with Gasteiger partial charge in [-0.25, -0.2) is 0 Å². The van der Waals surface area contributed by atoms with Crippen LogP contribution in [0.1, 0.15) is 59.4 Å². The molecule has 192 valence electrons. The van der Waals surface area contributed by atoms with Gasteiger partial charge in [0.1, 0.15) is 0 Å². The highest BCUT2D eigenvalue weighted by molar-refractivity contribution is 6.02. The van der Waals surface area contributed by atoms with Crippen LogP contribution < -0.4 is 4.90 Å². The summed E-state index contributed by atoms with van der Waals surface area (Å²) in [5, 5.41) is 5.14. The molecule has 0 aliphatic carbocycles. The van der Waals surface area contributed by atoms with Crippen molar-refractivity contribution < 1.29 is 0 Å². The number of nitrogens with zero attached hydrogens (tertiary/aromatic N) is 1. The minimum Gasteiger partial charge on any atom is -0.337 e. The van der Waals surface area contributed by atoms with Crippen LogP contribution in [-0.4, -0.2) is 6.04 Å². The van der Waals surface area contributed by atoms with E-state index in [1.807, 2.05) is 6.92 Å². The highest BCUT2D eigenvalue weighted by Gasteiger charge is 2.22. The van der Waals surface area contributed by atoms with Gasteiger partial charge < -0.3 is 4.90 Å². The zero-order chi connectivity index (χ0) is 26.8. The van der Waals surface area contributed by atoms with Gasteiger partial charge in [-0.15, -0.1) is 0 Å². The number of hydrogen-bond donors (Lipinski definition) is 0. The molecule has 0 aromatic heterocycles. The first-order valence-electron chi connectivity index (χ1n) is 13.6. The maximum absolute atomic E-state index is 4.43. The fraction of sp³-hybridized carbons (Fsp3) is 0.278. The molecule has 0 bridgehead atoms. The van der Waals surface area contributed by atoms with Crippen LogP contribution >= 0.6 is 0 Å². The summed E-state index contributed by atoms with van der Waals surface area (Å²) >= 11 is 0. The molecular formula is C36H43N. The average Bonchev–Trinajstić information content (AvgIpc) is 2.91. The van der Waals surface area contributed by atoms with E-state index in [9.17, 15) is 0 Å². The van der Waals surface area contributed by atoms with Crippen molar-refractivity contribution in [3.05, 3.63) is 120 Å². The fourth-order valence-corrected chi connectivity index (χ4v) is 4.96. The Hall–Kier alpha value is -3.58. The third kappa shape index (κ3) is 6.80. The molecule has 1 nitrogen and oxygen atoms in total. The average molecular weight is 490 g/mol. The van der Waals surface area contributed by atoms with Crippen LogP contribution in [0, 0.1) is 6.92 Å². The monoisotopic (exact) mass is 489 g/mol. The van der Waals surface area contributed by atoms with Gasteiger partial charge in [-0.05, 0) is 75.4 Å². The summed E-state index contributed by atoms with van der Waals surface area (Å²) < 4.78 is 0. The minimum atomic E-state index is 0.250. The Labute approximate surface area is 224 Å². The molecule has 37 heavy (non-hydrogen) atoms. The van der Waals surface area contributed by atoms with E-state index in [0.717, 1.165) is 19.3 Å². The first kappa shape index (κ1) is 28.0. The molecule has 1 unspecified atom stereocenters. The quantitative estimate of drug-likeness (QED) is 0.176. The molecule has 0 aliphatic rings. The Morgan fingerprint density at radius 3 is 2.08 bits per heavy atom. The lowest BCUT2D eigenvalue weighted by Gasteiger charge is -2.34. The zero-order valence-electron chi connectivity index (χ0n) is 23.6. The van der Waals surface area contributed by atoms with E-state index < -0.39 is 0 Å². The van der Waals surface area contributed by atoms with Gasteiger partial charge in [0.2, 0.25) is 0 Å². The summed E-state index contributed by atoms with van der Waals surface area (Å²) in [5.74, 6) is 0. The van der Waals surface area contributed by atoms with E-state index >= 15 is 0 Å². The molecular weight excluding hydrogens is 446 g/mol. The molecule has 0 N–H and O–H groups in total. The molecule has 4 aromatic rings. The molecule has 4 aromatic carbocycles. The van der Waals surface area contributed by atoms with Gasteiger partial charge in [0.15, 0.2) is 0 Å². The number of allylic oxidation sites excluding steroid dienone is 4. The molecule has 0 amide bonds. The van der Waals surface area contributed by atoms with Crippen molar-refractivity contribution in [1.82, 2.24) is 0 Å². The summed E-state index contributed by atoms with van der Waals surface area (Å²) in [6.07, 6.45) is 9.57. The summed E-state index contributed by atoms with van der Waals surface area (Å²) in [5.41, 5.74) is 6.31. The molecule has 0 aliphatic heterocycles. The SMILES string of the molecule is C/C=C\CC.C=C(CC(C)N(c1cccc2ccccc12)c1ccc(C)c2ccccc12)/C(C)=C\CC. The summed E-state index contributed by atoms with van der Waals surface area (Å²) in [7, 11) is 0. The van der Waals surface area contributed by atoms with Crippen molar-refractivity contribution in [2.45, 2.75) is 66.8 Å². The predicted molar refractivity (Wildman–Crippen MR) is 167 cm³/mol. The molecule has 1 heteroatoms. The van der Waals surface area contributed by atoms with E-state index in [0.29, 0.717) is 0 Å². The minimum absolute atomic E-state index is 0.250. The zero-order valence-corrected chi connectivity index (χ0v) is 23.6. The van der Waals surface area contributed by atoms with Gasteiger partial charge in [-0.2, -0.15) is 0 Å². The molecule has 0 fully saturated rings. The smallest absolute Gasteiger partial charge is 0.0493 e. The van der Waals surface area contributed by atoms with E-state index in [-0.39, 0.29) is 6.04 Å². The molecule has 1 atom stereocenters. The van der Waals surface area contributed by atoms with Crippen molar-refractivity contribution >= 4 is 32.9 Å².